The van der Waals surface area contributed by atoms with Crippen molar-refractivity contribution in [3.05, 3.63) is 81.6 Å². The summed E-state index contributed by atoms with van der Waals surface area (Å²) in [5.41, 5.74) is 1.77. The first-order valence-electron chi connectivity index (χ1n) is 29.7. The van der Waals surface area contributed by atoms with Gasteiger partial charge in [0.2, 0.25) is 0 Å². The highest BCUT2D eigenvalue weighted by molar-refractivity contribution is 8.24. The standard InChI is InChI=1S/C64H76N2O14S2/c65-39-49(40-66)64-81-58-54(79-62(71)47-25-21-45(22-26-47)60(69)77-50-29-17-43(18-30-50)35-37-73-56(67)15-11-7-3-1-5-9-13-52-41-75-52)33-34-55(59(58)82-64)80-63(72)48-27-23-46(24-28-48)61(70)78-51-31-19-44(20-32-51)36-38-74-57(68)16-12-8-4-2-6-10-14-53-42-76-53/h17-20,29-34,45-48,52-53H,1-16,21-28,35-38,41-42H2. The molecular weight excluding hydrogens is 1080 g/mol. The monoisotopic (exact) mass is 1160 g/mol. The maximum Gasteiger partial charge on any atom is 0.314 e. The van der Waals surface area contributed by atoms with Gasteiger partial charge in [-0.15, -0.1) is 0 Å². The fourth-order valence-corrected chi connectivity index (χ4v) is 13.0. The smallest absolute Gasteiger partial charge is 0.314 e. The second kappa shape index (κ2) is 32.6. The Balaban J connectivity index is 0.719. The molecule has 2 saturated heterocycles. The van der Waals surface area contributed by atoms with Crippen LogP contribution in [0.15, 0.2) is 80.3 Å². The molecule has 18 heteroatoms. The number of ether oxygens (including phenoxy) is 8. The minimum absolute atomic E-state index is 0.130. The number of carbonyl (C=O) groups excluding carboxylic acids is 6. The molecule has 8 rings (SSSR count). The van der Waals surface area contributed by atoms with E-state index in [-0.39, 0.29) is 54.2 Å². The molecule has 2 saturated carbocycles. The highest BCUT2D eigenvalue weighted by atomic mass is 32.2. The van der Waals surface area contributed by atoms with E-state index in [9.17, 15) is 39.3 Å². The van der Waals surface area contributed by atoms with Crippen molar-refractivity contribution in [3.8, 4) is 35.1 Å². The fourth-order valence-electron chi connectivity index (χ4n) is 10.5. The minimum atomic E-state index is -0.490. The first-order valence-corrected chi connectivity index (χ1v) is 31.3. The van der Waals surface area contributed by atoms with E-state index in [2.05, 4.69) is 0 Å². The van der Waals surface area contributed by atoms with Gasteiger partial charge in [0.15, 0.2) is 0 Å². The number of nitrogens with zero attached hydrogens (tertiary/aromatic N) is 2. The number of esters is 6. The van der Waals surface area contributed by atoms with Crippen molar-refractivity contribution < 1.29 is 66.7 Å². The van der Waals surface area contributed by atoms with Crippen molar-refractivity contribution in [2.75, 3.05) is 26.4 Å². The molecule has 3 heterocycles. The molecule has 0 N–H and O–H groups in total. The Morgan fingerprint density at radius 1 is 0.451 bits per heavy atom. The van der Waals surface area contributed by atoms with Gasteiger partial charge in [-0.05, 0) is 125 Å². The number of fused-ring (bicyclic) bond motifs is 1. The van der Waals surface area contributed by atoms with Crippen LogP contribution in [0.4, 0.5) is 0 Å². The van der Waals surface area contributed by atoms with Crippen LogP contribution in [0.3, 0.4) is 0 Å². The Bertz CT molecular complexity index is 2580. The van der Waals surface area contributed by atoms with E-state index < -0.39 is 35.6 Å². The maximum atomic E-state index is 13.7. The van der Waals surface area contributed by atoms with E-state index in [0.29, 0.717) is 115 Å². The lowest BCUT2D eigenvalue weighted by Crippen LogP contribution is -2.30. The van der Waals surface area contributed by atoms with Crippen molar-refractivity contribution in [3.63, 3.8) is 0 Å². The van der Waals surface area contributed by atoms with Crippen LogP contribution in [0.2, 0.25) is 0 Å². The van der Waals surface area contributed by atoms with Crippen molar-refractivity contribution in [2.45, 2.75) is 189 Å². The molecule has 0 bridgehead atoms. The summed E-state index contributed by atoms with van der Waals surface area (Å²) in [6, 6.07) is 21.2. The molecule has 438 valence electrons. The van der Waals surface area contributed by atoms with Crippen LogP contribution in [0, 0.1) is 46.3 Å². The highest BCUT2D eigenvalue weighted by Gasteiger charge is 2.37. The van der Waals surface area contributed by atoms with Crippen molar-refractivity contribution in [2.24, 2.45) is 23.7 Å². The van der Waals surface area contributed by atoms with E-state index in [1.807, 2.05) is 36.4 Å². The summed E-state index contributed by atoms with van der Waals surface area (Å²) in [7, 11) is 0. The summed E-state index contributed by atoms with van der Waals surface area (Å²) >= 11 is 2.19. The second-order valence-electron chi connectivity index (χ2n) is 22.1. The molecule has 4 fully saturated rings. The summed E-state index contributed by atoms with van der Waals surface area (Å²) in [6.45, 7) is 2.40. The van der Waals surface area contributed by atoms with Crippen LogP contribution in [0.25, 0.3) is 0 Å². The minimum Gasteiger partial charge on any atom is -0.465 e. The van der Waals surface area contributed by atoms with Gasteiger partial charge in [-0.3, -0.25) is 28.8 Å². The summed E-state index contributed by atoms with van der Waals surface area (Å²) in [4.78, 5) is 79.1. The average Bonchev–Trinajstić information content (AvgIpc) is 4.53. The number of carbonyl (C=O) groups is 6. The van der Waals surface area contributed by atoms with Crippen LogP contribution in [-0.2, 0) is 60.6 Å². The molecule has 82 heavy (non-hydrogen) atoms. The third-order valence-electron chi connectivity index (χ3n) is 15.8. The molecule has 2 aliphatic carbocycles. The summed E-state index contributed by atoms with van der Waals surface area (Å²) < 4.78 is 45.2. The number of rotatable bonds is 32. The van der Waals surface area contributed by atoms with Crippen LogP contribution < -0.4 is 18.9 Å². The van der Waals surface area contributed by atoms with E-state index in [1.54, 1.807) is 36.4 Å². The third kappa shape index (κ3) is 20.3. The molecule has 0 amide bonds. The molecule has 2 unspecified atom stereocenters. The molecule has 2 atom stereocenters. The predicted octanol–water partition coefficient (Wildman–Crippen LogP) is 13.0. The van der Waals surface area contributed by atoms with Crippen LogP contribution in [0.5, 0.6) is 23.0 Å². The number of thioether (sulfide) groups is 2. The molecule has 3 aliphatic heterocycles. The van der Waals surface area contributed by atoms with Gasteiger partial charge in [0.25, 0.3) is 0 Å². The molecular formula is C64H76N2O14S2. The zero-order valence-electron chi connectivity index (χ0n) is 46.9. The van der Waals surface area contributed by atoms with Crippen molar-refractivity contribution in [1.29, 1.82) is 10.5 Å². The topological polar surface area (TPSA) is 230 Å². The first kappa shape index (κ1) is 61.9. The SMILES string of the molecule is N#CC(C#N)=C1Sc2c(OC(=O)C3CCC(C(=O)Oc4ccc(CCOC(=O)CCCCCCCCC5CO5)cc4)CC3)ccc(OC(=O)C3CCC(C(=O)Oc4ccc(CCOC(=O)CCCCCCCCC5CO5)cc4)CC3)c2S1. The fraction of sp³-hybridized carbons (Fsp3) is 0.562. The Labute approximate surface area is 490 Å². The van der Waals surface area contributed by atoms with Gasteiger partial charge in [0, 0.05) is 25.7 Å². The van der Waals surface area contributed by atoms with E-state index in [1.165, 1.54) is 38.5 Å². The van der Waals surface area contributed by atoms with Gasteiger partial charge in [-0.25, -0.2) is 0 Å². The number of epoxide rings is 2. The highest BCUT2D eigenvalue weighted by Crippen LogP contribution is 2.59. The number of allylic oxidation sites excluding steroid dienone is 1. The summed E-state index contributed by atoms with van der Waals surface area (Å²) in [5.74, 6) is -2.64. The largest absolute Gasteiger partial charge is 0.465 e. The number of nitriles is 2. The lowest BCUT2D eigenvalue weighted by Gasteiger charge is -2.26. The number of unbranched alkanes of at least 4 members (excludes halogenated alkanes) is 10. The predicted molar refractivity (Wildman–Crippen MR) is 305 cm³/mol. The number of hydrogen-bond acceptors (Lipinski definition) is 18. The first-order chi connectivity index (χ1) is 40.0. The molecule has 0 spiro atoms. The molecule has 3 aromatic carbocycles. The summed E-state index contributed by atoms with van der Waals surface area (Å²) in [5, 5.41) is 19.4. The third-order valence-corrected chi connectivity index (χ3v) is 18.4. The average molecular weight is 1160 g/mol. The Kier molecular flexibility index (Phi) is 24.6. The van der Waals surface area contributed by atoms with Gasteiger partial charge in [-0.1, -0.05) is 112 Å². The molecule has 0 aromatic heterocycles. The number of hydrogen-bond donors (Lipinski definition) is 0. The molecule has 16 nitrogen and oxygen atoms in total. The van der Waals surface area contributed by atoms with E-state index >= 15 is 0 Å². The van der Waals surface area contributed by atoms with Crippen LogP contribution in [0.1, 0.15) is 165 Å². The lowest BCUT2D eigenvalue weighted by atomic mass is 9.82. The second-order valence-corrected chi connectivity index (χ2v) is 24.4. The Morgan fingerprint density at radius 3 is 1.12 bits per heavy atom. The lowest BCUT2D eigenvalue weighted by molar-refractivity contribution is -0.145. The van der Waals surface area contributed by atoms with Gasteiger partial charge in [0.1, 0.15) is 40.7 Å². The van der Waals surface area contributed by atoms with Gasteiger partial charge >= 0.3 is 35.8 Å². The quantitative estimate of drug-likeness (QED) is 0.0186. The van der Waals surface area contributed by atoms with E-state index in [0.717, 1.165) is 99.2 Å². The Hall–Kier alpha value is -6.18. The van der Waals surface area contributed by atoms with Crippen LogP contribution in [-0.4, -0.2) is 74.5 Å². The van der Waals surface area contributed by atoms with Gasteiger partial charge < -0.3 is 37.9 Å². The molecule has 3 aromatic rings. The number of benzene rings is 3. The normalized spacial score (nSPS) is 20.5. The van der Waals surface area contributed by atoms with Gasteiger partial charge in [0.05, 0.1) is 76.3 Å². The summed E-state index contributed by atoms with van der Waals surface area (Å²) in [6.07, 6.45) is 21.7. The van der Waals surface area contributed by atoms with E-state index in [4.69, 9.17) is 37.9 Å². The van der Waals surface area contributed by atoms with Gasteiger partial charge in [-0.2, -0.15) is 10.5 Å². The Morgan fingerprint density at radius 2 is 0.780 bits per heavy atom. The maximum absolute atomic E-state index is 13.7. The molecule has 5 aliphatic rings. The zero-order chi connectivity index (χ0) is 57.5. The van der Waals surface area contributed by atoms with Crippen molar-refractivity contribution in [1.82, 2.24) is 0 Å². The van der Waals surface area contributed by atoms with Crippen molar-refractivity contribution >= 4 is 59.3 Å². The van der Waals surface area contributed by atoms with Crippen LogP contribution >= 0.6 is 23.5 Å². The molecule has 0 radical (unpaired) electrons. The zero-order valence-corrected chi connectivity index (χ0v) is 48.5.